The molecule has 1 aromatic heterocycles. The first-order valence-corrected chi connectivity index (χ1v) is 9.93. The van der Waals surface area contributed by atoms with Crippen LogP contribution in [0.2, 0.25) is 0 Å². The number of rotatable bonds is 7. The van der Waals surface area contributed by atoms with E-state index < -0.39 is 0 Å². The monoisotopic (exact) mass is 371 g/mol. The maximum Gasteiger partial charge on any atom is 0.199 e. The number of hydrogen-bond donors (Lipinski definition) is 0. The van der Waals surface area contributed by atoms with Gasteiger partial charge in [0.15, 0.2) is 5.78 Å². The summed E-state index contributed by atoms with van der Waals surface area (Å²) >= 11 is 0. The fourth-order valence-electron chi connectivity index (χ4n) is 3.94. The van der Waals surface area contributed by atoms with Gasteiger partial charge in [0.05, 0.1) is 12.7 Å². The van der Waals surface area contributed by atoms with Gasteiger partial charge in [0.25, 0.3) is 0 Å². The molecular weight excluding hydrogens is 346 g/mol. The topological polar surface area (TPSA) is 31.2 Å². The van der Waals surface area contributed by atoms with E-state index in [1.807, 2.05) is 60.8 Å². The van der Waals surface area contributed by atoms with E-state index in [4.69, 9.17) is 4.74 Å². The third-order valence-electron chi connectivity index (χ3n) is 5.37. The fraction of sp³-hybridized carbons (Fsp3) is 0.240. The van der Waals surface area contributed by atoms with Crippen molar-refractivity contribution in [2.45, 2.75) is 32.7 Å². The zero-order valence-corrected chi connectivity index (χ0v) is 16.4. The third kappa shape index (κ3) is 3.18. The Labute approximate surface area is 165 Å². The summed E-state index contributed by atoms with van der Waals surface area (Å²) in [4.78, 5) is 13.7. The van der Waals surface area contributed by atoms with Gasteiger partial charge in [0, 0.05) is 29.2 Å². The van der Waals surface area contributed by atoms with Crippen molar-refractivity contribution in [3.8, 4) is 5.75 Å². The second kappa shape index (κ2) is 7.89. The van der Waals surface area contributed by atoms with Crippen molar-refractivity contribution in [2.24, 2.45) is 0 Å². The zero-order valence-electron chi connectivity index (χ0n) is 16.4. The van der Waals surface area contributed by atoms with Crippen molar-refractivity contribution in [2.75, 3.05) is 7.11 Å². The van der Waals surface area contributed by atoms with Gasteiger partial charge in [-0.05, 0) is 29.3 Å². The molecule has 0 radical (unpaired) electrons. The van der Waals surface area contributed by atoms with Gasteiger partial charge in [-0.15, -0.1) is 0 Å². The van der Waals surface area contributed by atoms with Gasteiger partial charge >= 0.3 is 0 Å². The number of unbranched alkanes of at least 4 members (excludes halogenated alkanes) is 2. The Morgan fingerprint density at radius 2 is 1.68 bits per heavy atom. The number of fused-ring (bicyclic) bond motifs is 2. The van der Waals surface area contributed by atoms with Crippen molar-refractivity contribution < 1.29 is 9.53 Å². The Balaban J connectivity index is 1.87. The number of ether oxygens (including phenoxy) is 1. The van der Waals surface area contributed by atoms with Crippen LogP contribution in [-0.4, -0.2) is 17.5 Å². The summed E-state index contributed by atoms with van der Waals surface area (Å²) in [5.41, 5.74) is 2.49. The van der Waals surface area contributed by atoms with Gasteiger partial charge in [-0.3, -0.25) is 4.79 Å². The second-order valence-corrected chi connectivity index (χ2v) is 7.15. The van der Waals surface area contributed by atoms with Crippen LogP contribution in [0.25, 0.3) is 21.7 Å². The molecule has 28 heavy (non-hydrogen) atoms. The minimum Gasteiger partial charge on any atom is -0.496 e. The fourth-order valence-corrected chi connectivity index (χ4v) is 3.94. The quantitative estimate of drug-likeness (QED) is 0.285. The van der Waals surface area contributed by atoms with Crippen molar-refractivity contribution in [3.05, 3.63) is 78.0 Å². The highest BCUT2D eigenvalue weighted by Crippen LogP contribution is 2.33. The molecule has 1 heterocycles. The molecule has 0 bridgehead atoms. The Hall–Kier alpha value is -3.07. The first-order valence-electron chi connectivity index (χ1n) is 9.93. The van der Waals surface area contributed by atoms with E-state index >= 15 is 0 Å². The van der Waals surface area contributed by atoms with Crippen molar-refractivity contribution in [1.29, 1.82) is 0 Å². The van der Waals surface area contributed by atoms with Gasteiger partial charge in [-0.2, -0.15) is 0 Å². The van der Waals surface area contributed by atoms with Crippen LogP contribution < -0.4 is 4.74 Å². The third-order valence-corrected chi connectivity index (χ3v) is 5.37. The molecule has 0 fully saturated rings. The molecule has 0 N–H and O–H groups in total. The highest BCUT2D eigenvalue weighted by Gasteiger charge is 2.22. The van der Waals surface area contributed by atoms with Crippen molar-refractivity contribution in [3.63, 3.8) is 0 Å². The van der Waals surface area contributed by atoms with Gasteiger partial charge in [-0.25, -0.2) is 0 Å². The van der Waals surface area contributed by atoms with Gasteiger partial charge in [-0.1, -0.05) is 68.3 Å². The Morgan fingerprint density at radius 1 is 0.929 bits per heavy atom. The smallest absolute Gasteiger partial charge is 0.199 e. The molecule has 0 aliphatic carbocycles. The molecule has 4 rings (SSSR count). The van der Waals surface area contributed by atoms with E-state index in [1.54, 1.807) is 7.11 Å². The number of aromatic nitrogens is 1. The minimum absolute atomic E-state index is 0.0130. The van der Waals surface area contributed by atoms with Crippen LogP contribution in [0.15, 0.2) is 66.9 Å². The number of ketones is 1. The number of para-hydroxylation sites is 1. The van der Waals surface area contributed by atoms with Gasteiger partial charge in [0.1, 0.15) is 5.75 Å². The van der Waals surface area contributed by atoms with Gasteiger partial charge < -0.3 is 9.30 Å². The minimum atomic E-state index is 0.0130. The van der Waals surface area contributed by atoms with Crippen LogP contribution in [0.5, 0.6) is 5.75 Å². The predicted octanol–water partition coefficient (Wildman–Crippen LogP) is 6.22. The molecule has 4 aromatic rings. The molecule has 142 valence electrons. The molecule has 3 heteroatoms. The summed E-state index contributed by atoms with van der Waals surface area (Å²) in [6.45, 7) is 3.13. The van der Waals surface area contributed by atoms with E-state index in [1.165, 1.54) is 12.8 Å². The number of hydrogen-bond acceptors (Lipinski definition) is 2. The highest BCUT2D eigenvalue weighted by atomic mass is 16.5. The molecule has 0 unspecified atom stereocenters. The van der Waals surface area contributed by atoms with Gasteiger partial charge in [0.2, 0.25) is 0 Å². The van der Waals surface area contributed by atoms with E-state index in [0.29, 0.717) is 11.3 Å². The number of nitrogens with zero attached hydrogens (tertiary/aromatic N) is 1. The Bertz CT molecular complexity index is 1140. The van der Waals surface area contributed by atoms with E-state index in [2.05, 4.69) is 17.6 Å². The second-order valence-electron chi connectivity index (χ2n) is 7.15. The molecule has 3 nitrogen and oxygen atoms in total. The molecule has 3 aromatic carbocycles. The lowest BCUT2D eigenvalue weighted by atomic mass is 9.96. The molecular formula is C25H25NO2. The number of carbonyl (C=O) groups excluding carboxylic acids is 1. The largest absolute Gasteiger partial charge is 0.496 e. The van der Waals surface area contributed by atoms with Crippen LogP contribution in [0.4, 0.5) is 0 Å². The molecule has 0 saturated carbocycles. The molecule has 0 saturated heterocycles. The molecule has 0 amide bonds. The lowest BCUT2D eigenvalue weighted by Gasteiger charge is -2.11. The lowest BCUT2D eigenvalue weighted by molar-refractivity contribution is 0.103. The van der Waals surface area contributed by atoms with E-state index in [9.17, 15) is 4.79 Å². The maximum absolute atomic E-state index is 13.7. The standard InChI is InChI=1S/C25H25NO2/c1-3-4-9-16-26-17-21(20-12-7-8-13-22(20)26)25(27)24-19-11-6-5-10-18(19)14-15-23(24)28-2/h5-8,10-15,17H,3-4,9,16H2,1-2H3. The zero-order chi connectivity index (χ0) is 19.5. The molecule has 0 aliphatic heterocycles. The summed E-state index contributed by atoms with van der Waals surface area (Å²) in [5, 5.41) is 2.96. The summed E-state index contributed by atoms with van der Waals surface area (Å²) in [7, 11) is 1.62. The van der Waals surface area contributed by atoms with E-state index in [0.717, 1.165) is 40.2 Å². The normalized spacial score (nSPS) is 11.2. The first kappa shape index (κ1) is 18.3. The van der Waals surface area contributed by atoms with Crippen LogP contribution in [0.1, 0.15) is 42.1 Å². The number of methoxy groups -OCH3 is 1. The predicted molar refractivity (Wildman–Crippen MR) is 115 cm³/mol. The highest BCUT2D eigenvalue weighted by molar-refractivity contribution is 6.22. The summed E-state index contributed by atoms with van der Waals surface area (Å²) < 4.78 is 7.78. The van der Waals surface area contributed by atoms with Crippen LogP contribution >= 0.6 is 0 Å². The summed E-state index contributed by atoms with van der Waals surface area (Å²) in [6.07, 6.45) is 5.50. The molecule has 0 aliphatic rings. The molecule has 0 atom stereocenters. The summed E-state index contributed by atoms with van der Waals surface area (Å²) in [5.74, 6) is 0.630. The number of benzene rings is 3. The van der Waals surface area contributed by atoms with Crippen LogP contribution in [0.3, 0.4) is 0 Å². The first-order chi connectivity index (χ1) is 13.7. The summed E-state index contributed by atoms with van der Waals surface area (Å²) in [6, 6.07) is 20.0. The van der Waals surface area contributed by atoms with Crippen molar-refractivity contribution >= 4 is 27.5 Å². The number of carbonyl (C=O) groups is 1. The van der Waals surface area contributed by atoms with E-state index in [-0.39, 0.29) is 5.78 Å². The lowest BCUT2D eigenvalue weighted by Crippen LogP contribution is -2.05. The maximum atomic E-state index is 13.7. The van der Waals surface area contributed by atoms with Crippen molar-refractivity contribution in [1.82, 2.24) is 4.57 Å². The average Bonchev–Trinajstić information content (AvgIpc) is 3.11. The number of aryl methyl sites for hydroxylation is 1. The molecule has 0 spiro atoms. The SMILES string of the molecule is CCCCCn1cc(C(=O)c2c(OC)ccc3ccccc23)c2ccccc21. The van der Waals surface area contributed by atoms with Crippen LogP contribution in [-0.2, 0) is 6.54 Å². The average molecular weight is 371 g/mol. The van der Waals surface area contributed by atoms with Crippen LogP contribution in [0, 0.1) is 0 Å². The Kier molecular flexibility index (Phi) is 5.16. The Morgan fingerprint density at radius 3 is 2.46 bits per heavy atom.